The number of nitrogens with zero attached hydrogens (tertiary/aromatic N) is 3. The van der Waals surface area contributed by atoms with Crippen LogP contribution in [0.15, 0.2) is 21.3 Å². The second-order valence-electron chi connectivity index (χ2n) is 4.02. The van der Waals surface area contributed by atoms with Gasteiger partial charge in [0.1, 0.15) is 17.5 Å². The molecule has 0 aromatic carbocycles. The van der Waals surface area contributed by atoms with Gasteiger partial charge in [-0.15, -0.1) is 11.3 Å². The molecule has 0 saturated heterocycles. The van der Waals surface area contributed by atoms with Crippen molar-refractivity contribution in [3.05, 3.63) is 32.7 Å². The van der Waals surface area contributed by atoms with Crippen molar-refractivity contribution in [1.82, 2.24) is 9.97 Å². The Hall–Kier alpha value is -1.14. The van der Waals surface area contributed by atoms with Gasteiger partial charge in [0, 0.05) is 26.7 Å². The van der Waals surface area contributed by atoms with Crippen molar-refractivity contribution in [3.8, 4) is 0 Å². The van der Waals surface area contributed by atoms with Crippen LogP contribution in [0, 0.1) is 6.92 Å². The molecule has 0 amide bonds. The van der Waals surface area contributed by atoms with Crippen molar-refractivity contribution in [3.63, 3.8) is 0 Å². The molecule has 0 saturated carbocycles. The van der Waals surface area contributed by atoms with E-state index in [-0.39, 0.29) is 0 Å². The zero-order valence-electron chi connectivity index (χ0n) is 10.6. The third-order valence-electron chi connectivity index (χ3n) is 2.51. The summed E-state index contributed by atoms with van der Waals surface area (Å²) in [4.78, 5) is 10.9. The number of thiophene rings is 1. The standard InChI is InChI=1S/C12H15BrN4S/c1-8-15-11(14-2)5-12(16-8)17(3)6-9-4-10(13)18-7-9/h4-5,7H,6H2,1-3H3,(H,14,15,16). The van der Waals surface area contributed by atoms with E-state index in [1.54, 1.807) is 11.3 Å². The number of hydrogen-bond acceptors (Lipinski definition) is 5. The van der Waals surface area contributed by atoms with Crippen LogP contribution in [0.3, 0.4) is 0 Å². The SMILES string of the molecule is CNc1cc(N(C)Cc2csc(Br)c2)nc(C)n1. The Labute approximate surface area is 119 Å². The van der Waals surface area contributed by atoms with Gasteiger partial charge in [-0.2, -0.15) is 0 Å². The van der Waals surface area contributed by atoms with Crippen LogP contribution >= 0.6 is 27.3 Å². The van der Waals surface area contributed by atoms with Gasteiger partial charge < -0.3 is 10.2 Å². The third kappa shape index (κ3) is 3.20. The highest BCUT2D eigenvalue weighted by molar-refractivity contribution is 9.11. The Morgan fingerprint density at radius 1 is 1.39 bits per heavy atom. The van der Waals surface area contributed by atoms with Gasteiger partial charge in [0.05, 0.1) is 3.79 Å². The monoisotopic (exact) mass is 326 g/mol. The van der Waals surface area contributed by atoms with E-state index in [0.717, 1.165) is 27.8 Å². The first kappa shape index (κ1) is 13.3. The highest BCUT2D eigenvalue weighted by atomic mass is 79.9. The minimum atomic E-state index is 0.773. The number of aromatic nitrogens is 2. The van der Waals surface area contributed by atoms with E-state index < -0.39 is 0 Å². The molecule has 0 radical (unpaired) electrons. The lowest BCUT2D eigenvalue weighted by atomic mass is 10.3. The second kappa shape index (κ2) is 5.67. The summed E-state index contributed by atoms with van der Waals surface area (Å²) in [5, 5.41) is 5.19. The van der Waals surface area contributed by atoms with E-state index in [1.165, 1.54) is 5.56 Å². The molecule has 0 aliphatic carbocycles. The van der Waals surface area contributed by atoms with Crippen LogP contribution in [0.2, 0.25) is 0 Å². The first-order valence-electron chi connectivity index (χ1n) is 5.56. The average Bonchev–Trinajstić information content (AvgIpc) is 2.73. The highest BCUT2D eigenvalue weighted by Gasteiger charge is 2.07. The van der Waals surface area contributed by atoms with Gasteiger partial charge in [-0.25, -0.2) is 9.97 Å². The maximum atomic E-state index is 4.45. The maximum Gasteiger partial charge on any atom is 0.134 e. The van der Waals surface area contributed by atoms with Gasteiger partial charge in [-0.05, 0) is 39.9 Å². The van der Waals surface area contributed by atoms with Crippen LogP contribution in [-0.2, 0) is 6.54 Å². The molecule has 2 heterocycles. The highest BCUT2D eigenvalue weighted by Crippen LogP contribution is 2.23. The first-order chi connectivity index (χ1) is 8.58. The van der Waals surface area contributed by atoms with Gasteiger partial charge in [-0.1, -0.05) is 0 Å². The van der Waals surface area contributed by atoms with Crippen LogP contribution in [0.5, 0.6) is 0 Å². The molecule has 0 aliphatic heterocycles. The lowest BCUT2D eigenvalue weighted by Crippen LogP contribution is -2.18. The average molecular weight is 327 g/mol. The lowest BCUT2D eigenvalue weighted by Gasteiger charge is -2.18. The molecule has 0 bridgehead atoms. The normalized spacial score (nSPS) is 10.4. The van der Waals surface area contributed by atoms with E-state index in [0.29, 0.717) is 0 Å². The summed E-state index contributed by atoms with van der Waals surface area (Å²) in [6.07, 6.45) is 0. The van der Waals surface area contributed by atoms with Gasteiger partial charge in [-0.3, -0.25) is 0 Å². The summed E-state index contributed by atoms with van der Waals surface area (Å²) >= 11 is 5.17. The van der Waals surface area contributed by atoms with Crippen molar-refractivity contribution >= 4 is 38.9 Å². The number of anilines is 2. The molecule has 0 fully saturated rings. The molecule has 0 unspecified atom stereocenters. The lowest BCUT2D eigenvalue weighted by molar-refractivity contribution is 0.883. The van der Waals surface area contributed by atoms with Gasteiger partial charge in [0.15, 0.2) is 0 Å². The van der Waals surface area contributed by atoms with E-state index in [4.69, 9.17) is 0 Å². The van der Waals surface area contributed by atoms with Crippen molar-refractivity contribution in [2.75, 3.05) is 24.3 Å². The number of halogens is 1. The number of rotatable bonds is 4. The molecule has 2 aromatic heterocycles. The van der Waals surface area contributed by atoms with Crippen molar-refractivity contribution in [2.24, 2.45) is 0 Å². The summed E-state index contributed by atoms with van der Waals surface area (Å²) in [5.74, 6) is 2.54. The van der Waals surface area contributed by atoms with Crippen LogP contribution in [0.4, 0.5) is 11.6 Å². The molecule has 1 N–H and O–H groups in total. The molecule has 2 aromatic rings. The quantitative estimate of drug-likeness (QED) is 0.936. The first-order valence-corrected chi connectivity index (χ1v) is 7.23. The summed E-state index contributed by atoms with van der Waals surface area (Å²) in [7, 11) is 3.90. The Kier molecular flexibility index (Phi) is 4.19. The topological polar surface area (TPSA) is 41.0 Å². The Balaban J connectivity index is 2.17. The van der Waals surface area contributed by atoms with Crippen molar-refractivity contribution < 1.29 is 0 Å². The van der Waals surface area contributed by atoms with Crippen LogP contribution in [-0.4, -0.2) is 24.1 Å². The molecule has 6 heteroatoms. The summed E-state index contributed by atoms with van der Waals surface area (Å²) < 4.78 is 1.15. The Morgan fingerprint density at radius 2 is 2.17 bits per heavy atom. The second-order valence-corrected chi connectivity index (χ2v) is 6.31. The van der Waals surface area contributed by atoms with Gasteiger partial charge in [0.25, 0.3) is 0 Å². The molecular formula is C12H15BrN4S. The third-order valence-corrected chi connectivity index (χ3v) is 4.07. The van der Waals surface area contributed by atoms with Crippen LogP contribution in [0.25, 0.3) is 0 Å². The van der Waals surface area contributed by atoms with E-state index in [2.05, 4.69) is 47.6 Å². The van der Waals surface area contributed by atoms with Crippen molar-refractivity contribution in [2.45, 2.75) is 13.5 Å². The Morgan fingerprint density at radius 3 is 2.78 bits per heavy atom. The summed E-state index contributed by atoms with van der Waals surface area (Å²) in [6, 6.07) is 4.09. The fourth-order valence-corrected chi connectivity index (χ4v) is 2.86. The van der Waals surface area contributed by atoms with Crippen molar-refractivity contribution in [1.29, 1.82) is 0 Å². The van der Waals surface area contributed by atoms with E-state index >= 15 is 0 Å². The molecule has 0 spiro atoms. The largest absolute Gasteiger partial charge is 0.373 e. The number of aryl methyl sites for hydroxylation is 1. The molecule has 96 valence electrons. The summed E-state index contributed by atoms with van der Waals surface area (Å²) in [6.45, 7) is 2.74. The molecule has 2 rings (SSSR count). The predicted octanol–water partition coefficient (Wildman–Crippen LogP) is 3.29. The number of hydrogen-bond donors (Lipinski definition) is 1. The number of nitrogens with one attached hydrogen (secondary N) is 1. The fraction of sp³-hybridized carbons (Fsp3) is 0.333. The minimum absolute atomic E-state index is 0.773. The molecule has 4 nitrogen and oxygen atoms in total. The molecule has 0 aliphatic rings. The maximum absolute atomic E-state index is 4.45. The summed E-state index contributed by atoms with van der Waals surface area (Å²) in [5.41, 5.74) is 1.27. The molecular weight excluding hydrogens is 312 g/mol. The molecule has 18 heavy (non-hydrogen) atoms. The zero-order chi connectivity index (χ0) is 13.1. The van der Waals surface area contributed by atoms with Crippen LogP contribution < -0.4 is 10.2 Å². The van der Waals surface area contributed by atoms with E-state index in [1.807, 2.05) is 27.1 Å². The fourth-order valence-electron chi connectivity index (χ4n) is 1.66. The smallest absolute Gasteiger partial charge is 0.134 e. The molecule has 0 atom stereocenters. The van der Waals surface area contributed by atoms with Gasteiger partial charge in [0.2, 0.25) is 0 Å². The predicted molar refractivity (Wildman–Crippen MR) is 80.4 cm³/mol. The zero-order valence-corrected chi connectivity index (χ0v) is 13.0. The van der Waals surface area contributed by atoms with E-state index in [9.17, 15) is 0 Å². The van der Waals surface area contributed by atoms with Crippen LogP contribution in [0.1, 0.15) is 11.4 Å². The minimum Gasteiger partial charge on any atom is -0.373 e. The Bertz CT molecular complexity index is 541. The van der Waals surface area contributed by atoms with Gasteiger partial charge >= 0.3 is 0 Å².